The van der Waals surface area contributed by atoms with Crippen LogP contribution in [0.5, 0.6) is 5.75 Å². The molecule has 1 aromatic rings. The van der Waals surface area contributed by atoms with Crippen LogP contribution in [0.25, 0.3) is 0 Å². The lowest BCUT2D eigenvalue weighted by molar-refractivity contribution is -0.385. The maximum atomic E-state index is 12.9. The van der Waals surface area contributed by atoms with Crippen molar-refractivity contribution in [1.29, 1.82) is 0 Å². The SMILES string of the molecule is COC(=O)[C@@H]1C[C@H](O)CCN1C(=O)c1cc(OC)c(C)cc1[N+](=O)[O-]. The van der Waals surface area contributed by atoms with E-state index >= 15 is 0 Å². The lowest BCUT2D eigenvalue weighted by Crippen LogP contribution is -2.51. The van der Waals surface area contributed by atoms with Gasteiger partial charge in [-0.3, -0.25) is 14.9 Å². The van der Waals surface area contributed by atoms with Gasteiger partial charge in [0.1, 0.15) is 17.4 Å². The monoisotopic (exact) mass is 352 g/mol. The topological polar surface area (TPSA) is 119 Å². The van der Waals surface area contributed by atoms with Gasteiger partial charge >= 0.3 is 5.97 Å². The molecule has 1 aliphatic rings. The van der Waals surface area contributed by atoms with Crippen molar-refractivity contribution in [2.24, 2.45) is 0 Å². The summed E-state index contributed by atoms with van der Waals surface area (Å²) in [7, 11) is 2.58. The number of esters is 1. The summed E-state index contributed by atoms with van der Waals surface area (Å²) in [6.45, 7) is 1.72. The van der Waals surface area contributed by atoms with Crippen LogP contribution in [-0.4, -0.2) is 59.7 Å². The van der Waals surface area contributed by atoms with Crippen LogP contribution in [0.15, 0.2) is 12.1 Å². The Morgan fingerprint density at radius 3 is 2.60 bits per heavy atom. The summed E-state index contributed by atoms with van der Waals surface area (Å²) < 4.78 is 9.84. The van der Waals surface area contributed by atoms with E-state index in [-0.39, 0.29) is 30.6 Å². The second kappa shape index (κ2) is 7.47. The zero-order valence-electron chi connectivity index (χ0n) is 14.2. The first-order valence-corrected chi connectivity index (χ1v) is 7.70. The number of aliphatic hydroxyl groups is 1. The molecule has 136 valence electrons. The molecule has 1 aromatic carbocycles. The van der Waals surface area contributed by atoms with Gasteiger partial charge in [-0.1, -0.05) is 0 Å². The van der Waals surface area contributed by atoms with Crippen molar-refractivity contribution in [1.82, 2.24) is 4.90 Å². The first-order valence-electron chi connectivity index (χ1n) is 7.70. The molecule has 1 fully saturated rings. The molecule has 2 rings (SSSR count). The fourth-order valence-electron chi connectivity index (χ4n) is 2.92. The summed E-state index contributed by atoms with van der Waals surface area (Å²) in [6, 6.07) is 1.57. The number of benzene rings is 1. The van der Waals surface area contributed by atoms with Gasteiger partial charge in [0.15, 0.2) is 0 Å². The number of amides is 1. The number of piperidine rings is 1. The standard InChI is InChI=1S/C16H20N2O7/c1-9-6-12(18(22)23)11(8-14(9)24-2)15(20)17-5-4-10(19)7-13(17)16(21)25-3/h6,8,10,13,19H,4-5,7H2,1-3H3/t10-,13+/m1/s1. The molecular formula is C16H20N2O7. The van der Waals surface area contributed by atoms with Crippen molar-refractivity contribution in [3.8, 4) is 5.75 Å². The van der Waals surface area contributed by atoms with Gasteiger partial charge in [0.25, 0.3) is 11.6 Å². The van der Waals surface area contributed by atoms with Crippen molar-refractivity contribution >= 4 is 17.6 Å². The second-order valence-corrected chi connectivity index (χ2v) is 5.81. The van der Waals surface area contributed by atoms with Crippen LogP contribution in [-0.2, 0) is 9.53 Å². The molecule has 1 amide bonds. The zero-order chi connectivity index (χ0) is 18.7. The van der Waals surface area contributed by atoms with Crippen LogP contribution in [0, 0.1) is 17.0 Å². The Morgan fingerprint density at radius 2 is 2.04 bits per heavy atom. The van der Waals surface area contributed by atoms with Crippen LogP contribution < -0.4 is 4.74 Å². The highest BCUT2D eigenvalue weighted by Crippen LogP contribution is 2.31. The highest BCUT2D eigenvalue weighted by molar-refractivity contribution is 6.00. The summed E-state index contributed by atoms with van der Waals surface area (Å²) in [5.74, 6) is -1.01. The molecule has 2 atom stereocenters. The molecule has 0 aliphatic carbocycles. The number of nitro benzene ring substituents is 1. The molecule has 1 aliphatic heterocycles. The Labute approximate surface area is 144 Å². The fraction of sp³-hybridized carbons (Fsp3) is 0.500. The molecule has 0 aromatic heterocycles. The van der Waals surface area contributed by atoms with Crippen molar-refractivity contribution in [2.45, 2.75) is 31.9 Å². The summed E-state index contributed by atoms with van der Waals surface area (Å²) in [4.78, 5) is 36.8. The van der Waals surface area contributed by atoms with E-state index in [9.17, 15) is 24.8 Å². The third-order valence-corrected chi connectivity index (χ3v) is 4.25. The number of aryl methyl sites for hydroxylation is 1. The van der Waals surface area contributed by atoms with Crippen molar-refractivity contribution in [3.63, 3.8) is 0 Å². The Balaban J connectivity index is 2.47. The van der Waals surface area contributed by atoms with Gasteiger partial charge in [0, 0.05) is 25.1 Å². The number of nitro groups is 1. The van der Waals surface area contributed by atoms with Crippen LogP contribution in [0.1, 0.15) is 28.8 Å². The number of nitrogens with zero attached hydrogens (tertiary/aromatic N) is 2. The van der Waals surface area contributed by atoms with Gasteiger partial charge in [-0.05, 0) is 18.9 Å². The minimum atomic E-state index is -0.992. The number of aliphatic hydroxyl groups excluding tert-OH is 1. The Kier molecular flexibility index (Phi) is 5.58. The lowest BCUT2D eigenvalue weighted by Gasteiger charge is -2.36. The third-order valence-electron chi connectivity index (χ3n) is 4.25. The maximum Gasteiger partial charge on any atom is 0.328 e. The van der Waals surface area contributed by atoms with Crippen LogP contribution in [0.2, 0.25) is 0 Å². The molecule has 0 saturated carbocycles. The minimum Gasteiger partial charge on any atom is -0.496 e. The molecule has 1 saturated heterocycles. The first-order chi connectivity index (χ1) is 11.8. The van der Waals surface area contributed by atoms with Gasteiger partial charge in [0.05, 0.1) is 25.2 Å². The predicted octanol–water partition coefficient (Wildman–Crippen LogP) is 1.05. The smallest absolute Gasteiger partial charge is 0.328 e. The van der Waals surface area contributed by atoms with E-state index in [2.05, 4.69) is 0 Å². The number of carbonyl (C=O) groups is 2. The van der Waals surface area contributed by atoms with Crippen molar-refractivity contribution in [2.75, 3.05) is 20.8 Å². The molecular weight excluding hydrogens is 332 g/mol. The Morgan fingerprint density at radius 1 is 1.36 bits per heavy atom. The largest absolute Gasteiger partial charge is 0.496 e. The highest BCUT2D eigenvalue weighted by Gasteiger charge is 2.38. The summed E-state index contributed by atoms with van der Waals surface area (Å²) in [5, 5.41) is 21.1. The van der Waals surface area contributed by atoms with E-state index < -0.39 is 28.9 Å². The van der Waals surface area contributed by atoms with E-state index in [1.54, 1.807) is 6.92 Å². The van der Waals surface area contributed by atoms with Gasteiger partial charge in [-0.15, -0.1) is 0 Å². The minimum absolute atomic E-state index is 0.0230. The van der Waals surface area contributed by atoms with Gasteiger partial charge < -0.3 is 19.5 Å². The second-order valence-electron chi connectivity index (χ2n) is 5.81. The van der Waals surface area contributed by atoms with Crippen LogP contribution in [0.3, 0.4) is 0 Å². The summed E-state index contributed by atoms with van der Waals surface area (Å²) >= 11 is 0. The van der Waals surface area contributed by atoms with Gasteiger partial charge in [-0.25, -0.2) is 4.79 Å². The molecule has 1 N–H and O–H groups in total. The normalized spacial score (nSPS) is 20.1. The molecule has 9 heteroatoms. The molecule has 0 radical (unpaired) electrons. The van der Waals surface area contributed by atoms with Crippen molar-refractivity contribution < 1.29 is 29.1 Å². The lowest BCUT2D eigenvalue weighted by atomic mass is 9.97. The van der Waals surface area contributed by atoms with Crippen molar-refractivity contribution in [3.05, 3.63) is 33.4 Å². The number of methoxy groups -OCH3 is 2. The van der Waals surface area contributed by atoms with E-state index in [4.69, 9.17) is 9.47 Å². The number of hydrogen-bond donors (Lipinski definition) is 1. The number of carbonyl (C=O) groups excluding carboxylic acids is 2. The Bertz CT molecular complexity index is 704. The van der Waals surface area contributed by atoms with Crippen LogP contribution >= 0.6 is 0 Å². The number of hydrogen-bond acceptors (Lipinski definition) is 7. The molecule has 1 heterocycles. The summed E-state index contributed by atoms with van der Waals surface area (Å²) in [6.07, 6.45) is -0.443. The van der Waals surface area contributed by atoms with E-state index in [0.29, 0.717) is 11.3 Å². The number of ether oxygens (including phenoxy) is 2. The number of likely N-dealkylation sites (tertiary alicyclic amines) is 1. The zero-order valence-corrected chi connectivity index (χ0v) is 14.2. The summed E-state index contributed by atoms with van der Waals surface area (Å²) in [5.41, 5.74) is -0.0138. The molecule has 9 nitrogen and oxygen atoms in total. The van der Waals surface area contributed by atoms with E-state index in [1.165, 1.54) is 31.3 Å². The first kappa shape index (κ1) is 18.7. The molecule has 0 bridgehead atoms. The maximum absolute atomic E-state index is 12.9. The van der Waals surface area contributed by atoms with Crippen LogP contribution in [0.4, 0.5) is 5.69 Å². The molecule has 0 unspecified atom stereocenters. The highest BCUT2D eigenvalue weighted by atomic mass is 16.6. The average Bonchev–Trinajstić information content (AvgIpc) is 2.59. The van der Waals surface area contributed by atoms with E-state index in [1.807, 2.05) is 0 Å². The molecule has 0 spiro atoms. The van der Waals surface area contributed by atoms with E-state index in [0.717, 1.165) is 0 Å². The predicted molar refractivity (Wildman–Crippen MR) is 86.5 cm³/mol. The quantitative estimate of drug-likeness (QED) is 0.488. The Hall–Kier alpha value is -2.68. The van der Waals surface area contributed by atoms with Gasteiger partial charge in [-0.2, -0.15) is 0 Å². The van der Waals surface area contributed by atoms with Gasteiger partial charge in [0.2, 0.25) is 0 Å². The number of rotatable bonds is 4. The molecule has 25 heavy (non-hydrogen) atoms. The third kappa shape index (κ3) is 3.71. The average molecular weight is 352 g/mol. The fourth-order valence-corrected chi connectivity index (χ4v) is 2.92.